The van der Waals surface area contributed by atoms with Gasteiger partial charge in [0.15, 0.2) is 5.82 Å². The van der Waals surface area contributed by atoms with E-state index in [0.29, 0.717) is 5.92 Å². The van der Waals surface area contributed by atoms with Crippen LogP contribution in [0.1, 0.15) is 68.6 Å². The molecule has 0 radical (unpaired) electrons. The van der Waals surface area contributed by atoms with Crippen LogP contribution >= 0.6 is 12.4 Å². The molecule has 21 heavy (non-hydrogen) atoms. The Morgan fingerprint density at radius 3 is 2.57 bits per heavy atom. The maximum absolute atomic E-state index is 5.59. The van der Waals surface area contributed by atoms with E-state index in [1.165, 1.54) is 44.9 Å². The highest BCUT2D eigenvalue weighted by Gasteiger charge is 2.27. The van der Waals surface area contributed by atoms with Gasteiger partial charge in [0.1, 0.15) is 0 Å². The van der Waals surface area contributed by atoms with Crippen molar-refractivity contribution in [2.24, 2.45) is 0 Å². The summed E-state index contributed by atoms with van der Waals surface area (Å²) in [4.78, 5) is 7.03. The molecule has 5 nitrogen and oxygen atoms in total. The third kappa shape index (κ3) is 4.18. The van der Waals surface area contributed by atoms with E-state index in [0.717, 1.165) is 31.3 Å². The fraction of sp³-hybridized carbons (Fsp3) is 0.867. The second-order valence-corrected chi connectivity index (χ2v) is 6.23. The van der Waals surface area contributed by atoms with E-state index in [2.05, 4.69) is 22.4 Å². The van der Waals surface area contributed by atoms with Gasteiger partial charge in [-0.05, 0) is 19.9 Å². The zero-order chi connectivity index (χ0) is 13.8. The molecule has 2 aliphatic rings. The molecule has 6 heteroatoms. The zero-order valence-electron chi connectivity index (χ0n) is 12.9. The SMILES string of the molecule is CN1CCNCC1c1noc(C2CCCCCCC2)n1.Cl. The molecular weight excluding hydrogens is 288 g/mol. The van der Waals surface area contributed by atoms with Gasteiger partial charge in [-0.1, -0.05) is 37.3 Å². The second-order valence-electron chi connectivity index (χ2n) is 6.23. The minimum absolute atomic E-state index is 0. The molecule has 1 N–H and O–H groups in total. The van der Waals surface area contributed by atoms with Crippen LogP contribution in [0.4, 0.5) is 0 Å². The number of nitrogens with one attached hydrogen (secondary N) is 1. The Bertz CT molecular complexity index is 418. The molecule has 1 unspecified atom stereocenters. The van der Waals surface area contributed by atoms with Gasteiger partial charge in [-0.2, -0.15) is 4.98 Å². The van der Waals surface area contributed by atoms with Crippen LogP contribution < -0.4 is 5.32 Å². The molecule has 0 aromatic carbocycles. The lowest BCUT2D eigenvalue weighted by Gasteiger charge is -2.30. The van der Waals surface area contributed by atoms with Gasteiger partial charge in [-0.15, -0.1) is 12.4 Å². The smallest absolute Gasteiger partial charge is 0.229 e. The summed E-state index contributed by atoms with van der Waals surface area (Å²) in [5, 5.41) is 7.66. The standard InChI is InChI=1S/C15H26N4O.ClH/c1-19-10-9-16-11-13(19)14-17-15(20-18-14)12-7-5-3-2-4-6-8-12;/h12-13,16H,2-11H2,1H3;1H. The molecule has 0 spiro atoms. The first kappa shape index (κ1) is 16.7. The van der Waals surface area contributed by atoms with Crippen LogP contribution in [0, 0.1) is 0 Å². The number of halogens is 1. The highest BCUT2D eigenvalue weighted by molar-refractivity contribution is 5.85. The van der Waals surface area contributed by atoms with Gasteiger partial charge < -0.3 is 9.84 Å². The molecule has 0 bridgehead atoms. The second kappa shape index (κ2) is 8.11. The summed E-state index contributed by atoms with van der Waals surface area (Å²) in [5.74, 6) is 2.22. The lowest BCUT2D eigenvalue weighted by atomic mass is 9.91. The van der Waals surface area contributed by atoms with Crippen LogP contribution in [0.3, 0.4) is 0 Å². The van der Waals surface area contributed by atoms with Crippen LogP contribution in [0.2, 0.25) is 0 Å². The molecule has 120 valence electrons. The Hall–Kier alpha value is -0.650. The van der Waals surface area contributed by atoms with E-state index in [9.17, 15) is 0 Å². The van der Waals surface area contributed by atoms with Gasteiger partial charge in [0.25, 0.3) is 0 Å². The quantitative estimate of drug-likeness (QED) is 0.909. The molecule has 1 saturated heterocycles. The van der Waals surface area contributed by atoms with Crippen molar-refractivity contribution in [1.29, 1.82) is 0 Å². The molecule has 1 atom stereocenters. The van der Waals surface area contributed by atoms with Crippen molar-refractivity contribution in [1.82, 2.24) is 20.4 Å². The summed E-state index contributed by atoms with van der Waals surface area (Å²) in [6, 6.07) is 0.259. The Labute approximate surface area is 133 Å². The lowest BCUT2D eigenvalue weighted by Crippen LogP contribution is -2.44. The summed E-state index contributed by atoms with van der Waals surface area (Å²) >= 11 is 0. The predicted molar refractivity (Wildman–Crippen MR) is 84.8 cm³/mol. The lowest BCUT2D eigenvalue weighted by molar-refractivity contribution is 0.190. The highest BCUT2D eigenvalue weighted by atomic mass is 35.5. The summed E-state index contributed by atoms with van der Waals surface area (Å²) in [6.07, 6.45) is 9.11. The molecule has 1 aliphatic heterocycles. The van der Waals surface area contributed by atoms with Crippen molar-refractivity contribution >= 4 is 12.4 Å². The van der Waals surface area contributed by atoms with Gasteiger partial charge in [0.2, 0.25) is 5.89 Å². The average Bonchev–Trinajstić information content (AvgIpc) is 2.88. The Morgan fingerprint density at radius 1 is 1.14 bits per heavy atom. The first-order valence-corrected chi connectivity index (χ1v) is 8.09. The zero-order valence-corrected chi connectivity index (χ0v) is 13.7. The first-order chi connectivity index (χ1) is 9.84. The van der Waals surface area contributed by atoms with Crippen LogP contribution in [0.5, 0.6) is 0 Å². The molecule has 2 heterocycles. The molecule has 1 aliphatic carbocycles. The maximum atomic E-state index is 5.59. The first-order valence-electron chi connectivity index (χ1n) is 8.09. The molecule has 3 rings (SSSR count). The molecular formula is C15H27ClN4O. The minimum Gasteiger partial charge on any atom is -0.339 e. The van der Waals surface area contributed by atoms with E-state index < -0.39 is 0 Å². The minimum atomic E-state index is 0. The van der Waals surface area contributed by atoms with Gasteiger partial charge in [0.05, 0.1) is 6.04 Å². The van der Waals surface area contributed by atoms with Crippen molar-refractivity contribution in [3.05, 3.63) is 11.7 Å². The Morgan fingerprint density at radius 2 is 1.86 bits per heavy atom. The van der Waals surface area contributed by atoms with E-state index >= 15 is 0 Å². The largest absolute Gasteiger partial charge is 0.339 e. The van der Waals surface area contributed by atoms with Crippen molar-refractivity contribution in [2.75, 3.05) is 26.7 Å². The van der Waals surface area contributed by atoms with E-state index in [-0.39, 0.29) is 18.4 Å². The van der Waals surface area contributed by atoms with Crippen molar-refractivity contribution in [2.45, 2.75) is 56.9 Å². The summed E-state index contributed by atoms with van der Waals surface area (Å²) in [5.41, 5.74) is 0. The molecule has 2 fully saturated rings. The third-order valence-corrected chi connectivity index (χ3v) is 4.72. The van der Waals surface area contributed by atoms with Gasteiger partial charge in [-0.3, -0.25) is 4.90 Å². The number of hydrogen-bond donors (Lipinski definition) is 1. The predicted octanol–water partition coefficient (Wildman–Crippen LogP) is 2.90. The normalized spacial score (nSPS) is 25.9. The fourth-order valence-electron chi connectivity index (χ4n) is 3.35. The van der Waals surface area contributed by atoms with E-state index in [1.54, 1.807) is 0 Å². The van der Waals surface area contributed by atoms with Crippen molar-refractivity contribution in [3.63, 3.8) is 0 Å². The van der Waals surface area contributed by atoms with Gasteiger partial charge >= 0.3 is 0 Å². The van der Waals surface area contributed by atoms with Crippen LogP contribution in [0.25, 0.3) is 0 Å². The fourth-order valence-corrected chi connectivity index (χ4v) is 3.35. The van der Waals surface area contributed by atoms with Crippen molar-refractivity contribution in [3.8, 4) is 0 Å². The Kier molecular flexibility index (Phi) is 6.45. The highest BCUT2D eigenvalue weighted by Crippen LogP contribution is 2.30. The summed E-state index contributed by atoms with van der Waals surface area (Å²) in [7, 11) is 2.14. The number of likely N-dealkylation sites (N-methyl/N-ethyl adjacent to an activating group) is 1. The number of rotatable bonds is 2. The van der Waals surface area contributed by atoms with Gasteiger partial charge in [-0.25, -0.2) is 0 Å². The van der Waals surface area contributed by atoms with E-state index in [4.69, 9.17) is 9.51 Å². The molecule has 1 aromatic rings. The summed E-state index contributed by atoms with van der Waals surface area (Å²) in [6.45, 7) is 3.00. The topological polar surface area (TPSA) is 54.2 Å². The molecule has 0 amide bonds. The molecule has 1 saturated carbocycles. The molecule has 1 aromatic heterocycles. The average molecular weight is 315 g/mol. The van der Waals surface area contributed by atoms with Crippen LogP contribution in [-0.4, -0.2) is 41.7 Å². The van der Waals surface area contributed by atoms with Crippen LogP contribution in [-0.2, 0) is 0 Å². The maximum Gasteiger partial charge on any atom is 0.229 e. The summed E-state index contributed by atoms with van der Waals surface area (Å²) < 4.78 is 5.59. The number of hydrogen-bond acceptors (Lipinski definition) is 5. The monoisotopic (exact) mass is 314 g/mol. The van der Waals surface area contributed by atoms with E-state index in [1.807, 2.05) is 0 Å². The third-order valence-electron chi connectivity index (χ3n) is 4.72. The number of piperazine rings is 1. The van der Waals surface area contributed by atoms with Crippen molar-refractivity contribution < 1.29 is 4.52 Å². The van der Waals surface area contributed by atoms with Gasteiger partial charge in [0, 0.05) is 25.6 Å². The van der Waals surface area contributed by atoms with Crippen LogP contribution in [0.15, 0.2) is 4.52 Å². The number of aromatic nitrogens is 2. The number of nitrogens with zero attached hydrogens (tertiary/aromatic N) is 3. The Balaban J connectivity index is 0.00000161.